The fraction of sp³-hybridized carbons (Fsp3) is 0.625. The monoisotopic (exact) mass is 326 g/mol. The minimum absolute atomic E-state index is 0.0192. The highest BCUT2D eigenvalue weighted by molar-refractivity contribution is 7.86. The topological polar surface area (TPSA) is 66.5 Å². The number of nitrogens with zero attached hydrogens (tertiary/aromatic N) is 1. The van der Waals surface area contributed by atoms with Gasteiger partial charge in [0.25, 0.3) is 10.1 Å². The highest BCUT2D eigenvalue weighted by Crippen LogP contribution is 2.44. The highest BCUT2D eigenvalue weighted by atomic mass is 32.2. The van der Waals surface area contributed by atoms with E-state index in [1.54, 1.807) is 12.1 Å². The quantitative estimate of drug-likeness (QED) is 0.798. The van der Waals surface area contributed by atoms with Crippen LogP contribution in [0.1, 0.15) is 39.7 Å². The Kier molecular flexibility index (Phi) is 4.43. The van der Waals surface area contributed by atoms with Crippen LogP contribution in [0.4, 0.5) is 0 Å². The van der Waals surface area contributed by atoms with Crippen molar-refractivity contribution in [3.8, 4) is 0 Å². The van der Waals surface area contributed by atoms with Crippen molar-refractivity contribution in [3.05, 3.63) is 29.8 Å². The number of hydrogen-bond donors (Lipinski definition) is 0. The lowest BCUT2D eigenvalue weighted by Crippen LogP contribution is -2.46. The standard InChI is InChI=1S/C16H24NO4S/c1-12-6-8-14(9-7-12)22(19,20)21-11-13-10-15(2,3)17(18)16(13,4)5/h6-9,13H,10-11H2,1-5H3. The van der Waals surface area contributed by atoms with Crippen molar-refractivity contribution in [1.82, 2.24) is 5.06 Å². The first-order valence-electron chi connectivity index (χ1n) is 7.40. The average Bonchev–Trinajstić information content (AvgIpc) is 2.57. The van der Waals surface area contributed by atoms with Gasteiger partial charge in [0.15, 0.2) is 0 Å². The minimum atomic E-state index is -3.79. The molecule has 1 saturated heterocycles. The van der Waals surface area contributed by atoms with Crippen LogP contribution < -0.4 is 0 Å². The maximum atomic E-state index is 12.3. The lowest BCUT2D eigenvalue weighted by Gasteiger charge is -2.33. The van der Waals surface area contributed by atoms with Crippen LogP contribution in [0.5, 0.6) is 0 Å². The van der Waals surface area contributed by atoms with Gasteiger partial charge in [0.05, 0.1) is 11.5 Å². The number of hydrogen-bond acceptors (Lipinski definition) is 4. The van der Waals surface area contributed by atoms with E-state index in [0.717, 1.165) is 10.6 Å². The third-order valence-electron chi connectivity index (χ3n) is 4.55. The first-order chi connectivity index (χ1) is 9.97. The summed E-state index contributed by atoms with van der Waals surface area (Å²) in [7, 11) is -3.79. The van der Waals surface area contributed by atoms with E-state index >= 15 is 0 Å². The Bertz CT molecular complexity index is 635. The van der Waals surface area contributed by atoms with Crippen molar-refractivity contribution in [2.75, 3.05) is 6.61 Å². The Hall–Kier alpha value is -0.950. The maximum absolute atomic E-state index is 12.3. The third-order valence-corrected chi connectivity index (χ3v) is 5.85. The molecule has 2 rings (SSSR count). The molecule has 0 spiro atoms. The van der Waals surface area contributed by atoms with Crippen molar-refractivity contribution in [2.24, 2.45) is 5.92 Å². The van der Waals surface area contributed by atoms with E-state index in [2.05, 4.69) is 0 Å². The molecule has 0 saturated carbocycles. The fourth-order valence-corrected chi connectivity index (χ4v) is 4.04. The Labute approximate surface area is 133 Å². The summed E-state index contributed by atoms with van der Waals surface area (Å²) in [5, 5.41) is 13.4. The molecule has 1 unspecified atom stereocenters. The smallest absolute Gasteiger partial charge is 0.266 e. The molecular formula is C16H24NO4S. The van der Waals surface area contributed by atoms with Gasteiger partial charge >= 0.3 is 0 Å². The van der Waals surface area contributed by atoms with Crippen LogP contribution in [0.25, 0.3) is 0 Å². The Morgan fingerprint density at radius 2 is 1.73 bits per heavy atom. The van der Waals surface area contributed by atoms with Gasteiger partial charge in [0.2, 0.25) is 0 Å². The lowest BCUT2D eigenvalue weighted by atomic mass is 9.88. The van der Waals surface area contributed by atoms with E-state index in [1.807, 2.05) is 34.6 Å². The summed E-state index contributed by atoms with van der Waals surface area (Å²) in [5.74, 6) is -0.139. The molecule has 0 aliphatic carbocycles. The molecule has 1 radical (unpaired) electrons. The first kappa shape index (κ1) is 17.4. The molecule has 123 valence electrons. The lowest BCUT2D eigenvalue weighted by molar-refractivity contribution is -0.249. The maximum Gasteiger partial charge on any atom is 0.296 e. The minimum Gasteiger partial charge on any atom is -0.266 e. The van der Waals surface area contributed by atoms with E-state index < -0.39 is 21.2 Å². The molecule has 0 amide bonds. The molecule has 1 atom stereocenters. The highest BCUT2D eigenvalue weighted by Gasteiger charge is 2.52. The predicted molar refractivity (Wildman–Crippen MR) is 83.1 cm³/mol. The average molecular weight is 326 g/mol. The van der Waals surface area contributed by atoms with Gasteiger partial charge in [-0.3, -0.25) is 4.18 Å². The number of hydroxylamine groups is 2. The van der Waals surface area contributed by atoms with Crippen LogP contribution in [0.2, 0.25) is 0 Å². The van der Waals surface area contributed by atoms with E-state index in [0.29, 0.717) is 6.42 Å². The second-order valence-corrected chi connectivity index (χ2v) is 8.83. The zero-order chi connectivity index (χ0) is 16.8. The second kappa shape index (κ2) is 5.60. The number of rotatable bonds is 4. The predicted octanol–water partition coefficient (Wildman–Crippen LogP) is 2.92. The SMILES string of the molecule is Cc1ccc(S(=O)(=O)OCC2CC(C)(C)N([O])C2(C)C)cc1. The van der Waals surface area contributed by atoms with Crippen molar-refractivity contribution in [2.45, 2.75) is 57.0 Å². The third kappa shape index (κ3) is 3.20. The van der Waals surface area contributed by atoms with Crippen LogP contribution in [0, 0.1) is 12.8 Å². The van der Waals surface area contributed by atoms with Gasteiger partial charge in [0.1, 0.15) is 0 Å². The summed E-state index contributed by atoms with van der Waals surface area (Å²) >= 11 is 0. The molecule has 6 heteroatoms. The van der Waals surface area contributed by atoms with E-state index in [4.69, 9.17) is 4.18 Å². The summed E-state index contributed by atoms with van der Waals surface area (Å²) in [6.07, 6.45) is 0.604. The second-order valence-electron chi connectivity index (χ2n) is 7.21. The van der Waals surface area contributed by atoms with Gasteiger partial charge in [-0.05, 0) is 53.2 Å². The Morgan fingerprint density at radius 3 is 2.18 bits per heavy atom. The van der Waals surface area contributed by atoms with Gasteiger partial charge < -0.3 is 0 Å². The van der Waals surface area contributed by atoms with Gasteiger partial charge in [-0.15, -0.1) is 10.3 Å². The molecule has 1 heterocycles. The molecular weight excluding hydrogens is 302 g/mol. The van der Waals surface area contributed by atoms with Crippen LogP contribution in [-0.2, 0) is 19.5 Å². The molecule has 1 aliphatic heterocycles. The van der Waals surface area contributed by atoms with Gasteiger partial charge in [-0.2, -0.15) is 8.42 Å². The summed E-state index contributed by atoms with van der Waals surface area (Å²) in [6.45, 7) is 9.32. The van der Waals surface area contributed by atoms with Crippen molar-refractivity contribution < 1.29 is 17.8 Å². The normalized spacial score (nSPS) is 24.5. The Balaban J connectivity index is 2.11. The van der Waals surface area contributed by atoms with Crippen LogP contribution in [0.15, 0.2) is 29.2 Å². The Morgan fingerprint density at radius 1 is 1.18 bits per heavy atom. The molecule has 1 fully saturated rings. The fourth-order valence-electron chi connectivity index (χ4n) is 3.09. The van der Waals surface area contributed by atoms with Crippen LogP contribution in [0.3, 0.4) is 0 Å². The van der Waals surface area contributed by atoms with E-state index in [-0.39, 0.29) is 17.4 Å². The molecule has 1 aliphatic rings. The summed E-state index contributed by atoms with van der Waals surface area (Å²) in [4.78, 5) is 0.146. The van der Waals surface area contributed by atoms with Gasteiger partial charge in [-0.25, -0.2) is 0 Å². The van der Waals surface area contributed by atoms with E-state index in [1.165, 1.54) is 12.1 Å². The molecule has 0 bridgehead atoms. The molecule has 0 N–H and O–H groups in total. The number of benzene rings is 1. The number of aryl methyl sites for hydroxylation is 1. The van der Waals surface area contributed by atoms with Gasteiger partial charge in [0, 0.05) is 17.0 Å². The summed E-state index contributed by atoms with van der Waals surface area (Å²) in [6, 6.07) is 6.54. The molecule has 0 aromatic heterocycles. The summed E-state index contributed by atoms with van der Waals surface area (Å²) < 4.78 is 29.7. The van der Waals surface area contributed by atoms with Crippen molar-refractivity contribution in [3.63, 3.8) is 0 Å². The zero-order valence-corrected chi connectivity index (χ0v) is 14.6. The molecule has 1 aromatic rings. The molecule has 1 aromatic carbocycles. The largest absolute Gasteiger partial charge is 0.296 e. The van der Waals surface area contributed by atoms with Crippen LogP contribution >= 0.6 is 0 Å². The van der Waals surface area contributed by atoms with Crippen LogP contribution in [-0.4, -0.2) is 31.2 Å². The first-order valence-corrected chi connectivity index (χ1v) is 8.81. The van der Waals surface area contributed by atoms with Gasteiger partial charge in [-0.1, -0.05) is 17.7 Å². The zero-order valence-electron chi connectivity index (χ0n) is 13.8. The molecule has 22 heavy (non-hydrogen) atoms. The van der Waals surface area contributed by atoms with E-state index in [9.17, 15) is 13.6 Å². The summed E-state index contributed by atoms with van der Waals surface area (Å²) in [5.41, 5.74) is -0.170. The van der Waals surface area contributed by atoms with Crippen molar-refractivity contribution >= 4 is 10.1 Å². The van der Waals surface area contributed by atoms with Crippen molar-refractivity contribution in [1.29, 1.82) is 0 Å². The molecule has 5 nitrogen and oxygen atoms in total.